The van der Waals surface area contributed by atoms with Crippen LogP contribution in [0.25, 0.3) is 33.8 Å². The van der Waals surface area contributed by atoms with Gasteiger partial charge in [-0.2, -0.15) is 4.39 Å². The molecule has 5 N–H and O–H groups in total. The Hall–Kier alpha value is -5.60. The van der Waals surface area contributed by atoms with Gasteiger partial charge in [-0.05, 0) is 93.0 Å². The Bertz CT molecular complexity index is 2530. The number of carbonyl (C=O) groups excluding carboxylic acids is 3. The van der Waals surface area contributed by atoms with Gasteiger partial charge in [0.15, 0.2) is 0 Å². The summed E-state index contributed by atoms with van der Waals surface area (Å²) >= 11 is 6.14. The van der Waals surface area contributed by atoms with Crippen molar-refractivity contribution in [3.05, 3.63) is 98.7 Å². The van der Waals surface area contributed by atoms with Crippen LogP contribution in [0.4, 0.5) is 9.18 Å². The first kappa shape index (κ1) is 35.8. The van der Waals surface area contributed by atoms with Gasteiger partial charge in [0.05, 0.1) is 39.0 Å². The van der Waals surface area contributed by atoms with E-state index in [1.165, 1.54) is 12.3 Å². The number of rotatable bonds is 1. The Labute approximate surface area is 332 Å². The average Bonchev–Trinajstić information content (AvgIpc) is 3.75. The summed E-state index contributed by atoms with van der Waals surface area (Å²) in [7, 11) is 0. The minimum atomic E-state index is -0.533. The Balaban J connectivity index is 0.000000139. The number of aryl methyl sites for hydroxylation is 2. The molecule has 11 rings (SSSR count). The largest absolute Gasteiger partial charge is 0.444 e. The van der Waals surface area contributed by atoms with Crippen molar-refractivity contribution in [2.75, 3.05) is 39.3 Å². The highest BCUT2D eigenvalue weighted by Gasteiger charge is 2.54. The van der Waals surface area contributed by atoms with Crippen molar-refractivity contribution in [3.63, 3.8) is 0 Å². The van der Waals surface area contributed by atoms with Crippen LogP contribution in [0.2, 0.25) is 5.15 Å². The molecule has 5 aromatic heterocycles. The number of likely N-dealkylation sites (tertiary alicyclic amines) is 1. The maximum absolute atomic E-state index is 13.2. The standard InChI is InChI=1S/C21H23ClN4O3.C21H18FN5O/c1-20(2,3)29-19(28)26-9-21(10-26)8-24-18(27)15-12-5-4-11-7-23-14(22)6-13(11)16(12)25-17(15)21;22-16-4-2-12(7-25-16)15-5-14-11(6-24-15)1-3-13-17-19(27-18(13)14)21(8-23-9-21)10-26-20(17)28/h6-7,25H,4-5,8-10H2,1-3H3,(H,24,27);2,4-7,23,27H,1,3,8-10H2,(H,26,28). The molecule has 57 heavy (non-hydrogen) atoms. The quantitative estimate of drug-likeness (QED) is 0.148. The molecule has 2 aliphatic carbocycles. The zero-order valence-electron chi connectivity index (χ0n) is 31.8. The van der Waals surface area contributed by atoms with Crippen LogP contribution in [0.15, 0.2) is 42.9 Å². The van der Waals surface area contributed by atoms with Gasteiger partial charge < -0.3 is 35.6 Å². The van der Waals surface area contributed by atoms with Gasteiger partial charge in [0.2, 0.25) is 5.95 Å². The third-order valence-corrected chi connectivity index (χ3v) is 12.5. The maximum Gasteiger partial charge on any atom is 0.410 e. The van der Waals surface area contributed by atoms with Gasteiger partial charge in [-0.25, -0.2) is 14.8 Å². The lowest BCUT2D eigenvalue weighted by molar-refractivity contribution is -0.0113. The smallest absolute Gasteiger partial charge is 0.410 e. The molecule has 2 spiro atoms. The number of hydrogen-bond donors (Lipinski definition) is 5. The zero-order valence-corrected chi connectivity index (χ0v) is 32.5. The average molecular weight is 790 g/mol. The van der Waals surface area contributed by atoms with Gasteiger partial charge in [-0.1, -0.05) is 11.6 Å². The number of nitrogens with one attached hydrogen (secondary N) is 5. The van der Waals surface area contributed by atoms with Crippen LogP contribution in [0.3, 0.4) is 0 Å². The van der Waals surface area contributed by atoms with E-state index in [1.807, 2.05) is 45.3 Å². The van der Waals surface area contributed by atoms with Crippen molar-refractivity contribution < 1.29 is 23.5 Å². The topological polar surface area (TPSA) is 170 Å². The normalized spacial score (nSPS) is 18.9. The zero-order chi connectivity index (χ0) is 39.4. The second-order valence-corrected chi connectivity index (χ2v) is 17.5. The molecule has 2 saturated heterocycles. The number of H-pyrrole nitrogens is 2. The van der Waals surface area contributed by atoms with Crippen molar-refractivity contribution in [1.29, 1.82) is 0 Å². The summed E-state index contributed by atoms with van der Waals surface area (Å²) in [4.78, 5) is 59.2. The van der Waals surface area contributed by atoms with Crippen LogP contribution < -0.4 is 16.0 Å². The van der Waals surface area contributed by atoms with E-state index in [0.29, 0.717) is 31.3 Å². The second kappa shape index (κ2) is 12.7. The van der Waals surface area contributed by atoms with Crippen LogP contribution in [0, 0.1) is 5.95 Å². The van der Waals surface area contributed by atoms with Gasteiger partial charge in [0, 0.05) is 85.9 Å². The molecule has 0 bridgehead atoms. The molecule has 15 heteroatoms. The lowest BCUT2D eigenvalue weighted by atomic mass is 9.72. The first-order valence-corrected chi connectivity index (χ1v) is 19.7. The van der Waals surface area contributed by atoms with Crippen molar-refractivity contribution in [1.82, 2.24) is 45.8 Å². The molecule has 292 valence electrons. The molecule has 6 aliphatic rings. The van der Waals surface area contributed by atoms with E-state index in [1.54, 1.807) is 11.0 Å². The molecule has 0 saturated carbocycles. The van der Waals surface area contributed by atoms with Crippen LogP contribution in [0.5, 0.6) is 0 Å². The van der Waals surface area contributed by atoms with E-state index in [2.05, 4.69) is 40.9 Å². The number of hydrogen-bond acceptors (Lipinski definition) is 8. The summed E-state index contributed by atoms with van der Waals surface area (Å²) in [5, 5.41) is 9.89. The number of fused-ring (bicyclic) bond motifs is 12. The molecule has 9 heterocycles. The number of aromatic nitrogens is 5. The number of pyridine rings is 3. The van der Waals surface area contributed by atoms with Gasteiger partial charge in [-0.3, -0.25) is 14.6 Å². The first-order valence-electron chi connectivity index (χ1n) is 19.3. The van der Waals surface area contributed by atoms with E-state index in [9.17, 15) is 18.8 Å². The van der Waals surface area contributed by atoms with Crippen molar-refractivity contribution in [2.45, 2.75) is 62.9 Å². The highest BCUT2D eigenvalue weighted by atomic mass is 35.5. The van der Waals surface area contributed by atoms with Crippen molar-refractivity contribution in [3.8, 4) is 33.8 Å². The summed E-state index contributed by atoms with van der Waals surface area (Å²) in [5.41, 5.74) is 12.6. The van der Waals surface area contributed by atoms with E-state index in [0.717, 1.165) is 117 Å². The summed E-state index contributed by atoms with van der Waals surface area (Å²) in [6.07, 6.45) is 8.14. The summed E-state index contributed by atoms with van der Waals surface area (Å²) in [6, 6.07) is 6.90. The fraction of sp³-hybridized carbons (Fsp3) is 0.381. The van der Waals surface area contributed by atoms with Crippen LogP contribution in [0.1, 0.15) is 75.1 Å². The minimum Gasteiger partial charge on any atom is -0.444 e. The lowest BCUT2D eigenvalue weighted by Gasteiger charge is -2.51. The molecule has 0 atom stereocenters. The number of nitrogens with zero attached hydrogens (tertiary/aromatic N) is 4. The summed E-state index contributed by atoms with van der Waals surface area (Å²) in [5.74, 6) is -0.542. The van der Waals surface area contributed by atoms with Gasteiger partial charge >= 0.3 is 6.09 Å². The summed E-state index contributed by atoms with van der Waals surface area (Å²) in [6.45, 7) is 9.51. The summed E-state index contributed by atoms with van der Waals surface area (Å²) < 4.78 is 18.7. The minimum absolute atomic E-state index is 0.0190. The monoisotopic (exact) mass is 789 g/mol. The highest BCUT2D eigenvalue weighted by molar-refractivity contribution is 6.29. The molecule has 3 amide bonds. The van der Waals surface area contributed by atoms with E-state index >= 15 is 0 Å². The molecule has 0 aromatic carbocycles. The maximum atomic E-state index is 13.2. The molecule has 2 fully saturated rings. The Morgan fingerprint density at radius 1 is 0.789 bits per heavy atom. The lowest BCUT2D eigenvalue weighted by Crippen LogP contribution is -2.67. The number of halogens is 2. The number of amides is 3. The SMILES string of the molecule is CC(C)(C)OC(=O)N1CC2(CNC(=O)c3c2[nH]c2c3CCc3cnc(Cl)cc3-2)C1.O=C1NCC2(CNC2)c2[nH]c3c(c21)CCc1cnc(-c2ccc(F)nc2)cc1-3. The Morgan fingerprint density at radius 3 is 1.96 bits per heavy atom. The fourth-order valence-corrected chi connectivity index (χ4v) is 9.49. The van der Waals surface area contributed by atoms with Gasteiger partial charge in [0.1, 0.15) is 10.8 Å². The molecular formula is C42H41ClFN9O4. The first-order chi connectivity index (χ1) is 27.3. The molecule has 4 aliphatic heterocycles. The van der Waals surface area contributed by atoms with Gasteiger partial charge in [-0.15, -0.1) is 0 Å². The van der Waals surface area contributed by atoms with Crippen LogP contribution in [-0.4, -0.2) is 92.6 Å². The predicted octanol–water partition coefficient (Wildman–Crippen LogP) is 5.02. The van der Waals surface area contributed by atoms with Crippen LogP contribution in [-0.2, 0) is 41.3 Å². The molecule has 5 aromatic rings. The predicted molar refractivity (Wildman–Crippen MR) is 210 cm³/mol. The Kier molecular flexibility index (Phi) is 7.98. The van der Waals surface area contributed by atoms with Crippen molar-refractivity contribution >= 4 is 29.5 Å². The third-order valence-electron chi connectivity index (χ3n) is 12.3. The van der Waals surface area contributed by atoms with E-state index in [-0.39, 0.29) is 28.7 Å². The fourth-order valence-electron chi connectivity index (χ4n) is 9.34. The van der Waals surface area contributed by atoms with E-state index in [4.69, 9.17) is 16.3 Å². The number of carbonyl (C=O) groups is 3. The van der Waals surface area contributed by atoms with Crippen molar-refractivity contribution in [2.24, 2.45) is 0 Å². The molecule has 13 nitrogen and oxygen atoms in total. The molecular weight excluding hydrogens is 749 g/mol. The Morgan fingerprint density at radius 2 is 1.39 bits per heavy atom. The number of ether oxygens (including phenoxy) is 1. The number of aromatic amines is 2. The third kappa shape index (κ3) is 5.74. The van der Waals surface area contributed by atoms with E-state index < -0.39 is 11.5 Å². The van der Waals surface area contributed by atoms with Crippen LogP contribution >= 0.6 is 11.6 Å². The molecule has 0 radical (unpaired) electrons. The highest BCUT2D eigenvalue weighted by Crippen LogP contribution is 2.46. The second-order valence-electron chi connectivity index (χ2n) is 17.1. The molecule has 0 unspecified atom stereocenters. The van der Waals surface area contributed by atoms with Gasteiger partial charge in [0.25, 0.3) is 11.8 Å².